The lowest BCUT2D eigenvalue weighted by molar-refractivity contribution is -0.134. The van der Waals surface area contributed by atoms with E-state index in [1.165, 1.54) is 0 Å². The van der Waals surface area contributed by atoms with E-state index in [9.17, 15) is 14.4 Å². The van der Waals surface area contributed by atoms with Gasteiger partial charge in [0.2, 0.25) is 17.7 Å². The molecule has 3 atom stereocenters. The second-order valence-corrected chi connectivity index (χ2v) is 5.00. The fourth-order valence-electron chi connectivity index (χ4n) is 2.95. The third-order valence-corrected chi connectivity index (χ3v) is 3.96. The van der Waals surface area contributed by atoms with E-state index in [0.29, 0.717) is 19.6 Å². The van der Waals surface area contributed by atoms with Crippen LogP contribution >= 0.6 is 0 Å². The van der Waals surface area contributed by atoms with Gasteiger partial charge in [0, 0.05) is 19.6 Å². The van der Waals surface area contributed by atoms with Gasteiger partial charge in [-0.25, -0.2) is 0 Å². The molecule has 0 aliphatic carbocycles. The summed E-state index contributed by atoms with van der Waals surface area (Å²) in [4.78, 5) is 36.8. The Morgan fingerprint density at radius 1 is 1.18 bits per heavy atom. The summed E-state index contributed by atoms with van der Waals surface area (Å²) >= 11 is 0. The number of hydrogen-bond donors (Lipinski definition) is 2. The molecule has 6 nitrogen and oxygen atoms in total. The summed E-state index contributed by atoms with van der Waals surface area (Å²) in [6.45, 7) is 2.39. The van der Waals surface area contributed by atoms with Gasteiger partial charge in [-0.2, -0.15) is 0 Å². The predicted molar refractivity (Wildman–Crippen MR) is 57.7 cm³/mol. The highest BCUT2D eigenvalue weighted by Crippen LogP contribution is 2.29. The van der Waals surface area contributed by atoms with Crippen LogP contribution in [0.3, 0.4) is 0 Å². The first-order valence-corrected chi connectivity index (χ1v) is 6.01. The Morgan fingerprint density at radius 3 is 2.35 bits per heavy atom. The van der Waals surface area contributed by atoms with E-state index in [2.05, 4.69) is 10.6 Å². The number of carbonyl (C=O) groups excluding carboxylic acids is 3. The molecule has 0 aromatic carbocycles. The first kappa shape index (κ1) is 10.7. The second-order valence-electron chi connectivity index (χ2n) is 5.00. The first-order chi connectivity index (χ1) is 8.16. The van der Waals surface area contributed by atoms with Gasteiger partial charge < -0.3 is 10.2 Å². The summed E-state index contributed by atoms with van der Waals surface area (Å²) in [5, 5.41) is 5.47. The standard InChI is InChI=1S/C11H15N3O3/c15-9-7-4-14(5-8(7)10(16)13-9)11(17)6-1-2-12-3-6/h6-8,12H,1-5H2,(H,13,15,16)/t6-,7-,8-/m1/s1. The lowest BCUT2D eigenvalue weighted by Gasteiger charge is -2.20. The molecule has 3 aliphatic heterocycles. The number of imide groups is 1. The maximum Gasteiger partial charge on any atom is 0.232 e. The fraction of sp³-hybridized carbons (Fsp3) is 0.727. The van der Waals surface area contributed by atoms with Gasteiger partial charge in [0.15, 0.2) is 0 Å². The molecular formula is C11H15N3O3. The van der Waals surface area contributed by atoms with E-state index in [4.69, 9.17) is 0 Å². The van der Waals surface area contributed by atoms with E-state index in [0.717, 1.165) is 13.0 Å². The molecule has 3 fully saturated rings. The number of amides is 3. The van der Waals surface area contributed by atoms with Gasteiger partial charge in [-0.3, -0.25) is 19.7 Å². The molecule has 17 heavy (non-hydrogen) atoms. The number of likely N-dealkylation sites (tertiary alicyclic amines) is 1. The van der Waals surface area contributed by atoms with Crippen molar-refractivity contribution in [3.8, 4) is 0 Å². The monoisotopic (exact) mass is 237 g/mol. The van der Waals surface area contributed by atoms with Gasteiger partial charge in [-0.15, -0.1) is 0 Å². The van der Waals surface area contributed by atoms with Crippen molar-refractivity contribution in [1.29, 1.82) is 0 Å². The number of fused-ring (bicyclic) bond motifs is 1. The molecule has 0 radical (unpaired) electrons. The van der Waals surface area contributed by atoms with Crippen LogP contribution in [0, 0.1) is 17.8 Å². The minimum absolute atomic E-state index is 0.0204. The van der Waals surface area contributed by atoms with Crippen LogP contribution < -0.4 is 10.6 Å². The Kier molecular flexibility index (Phi) is 2.39. The lowest BCUT2D eigenvalue weighted by Crippen LogP contribution is -2.39. The first-order valence-electron chi connectivity index (χ1n) is 6.01. The minimum atomic E-state index is -0.319. The average Bonchev–Trinajstić information content (AvgIpc) is 3.00. The van der Waals surface area contributed by atoms with Crippen LogP contribution in [-0.2, 0) is 14.4 Å². The Morgan fingerprint density at radius 2 is 1.82 bits per heavy atom. The molecule has 0 bridgehead atoms. The van der Waals surface area contributed by atoms with Crippen molar-refractivity contribution in [2.45, 2.75) is 6.42 Å². The zero-order valence-corrected chi connectivity index (χ0v) is 9.44. The SMILES string of the molecule is O=C1NC(=O)[C@@H]2CN(C(=O)[C@@H]3CCNC3)C[C@@H]12. The summed E-state index contributed by atoms with van der Waals surface area (Å²) in [7, 11) is 0. The third kappa shape index (κ3) is 1.63. The molecule has 3 aliphatic rings. The van der Waals surface area contributed by atoms with Crippen LogP contribution in [0.4, 0.5) is 0 Å². The van der Waals surface area contributed by atoms with E-state index in [1.807, 2.05) is 0 Å². The Bertz CT molecular complexity index is 367. The van der Waals surface area contributed by atoms with Crippen LogP contribution in [0.15, 0.2) is 0 Å². The predicted octanol–water partition coefficient (Wildman–Crippen LogP) is -1.67. The van der Waals surface area contributed by atoms with Crippen LogP contribution in [0.25, 0.3) is 0 Å². The lowest BCUT2D eigenvalue weighted by atomic mass is 10.00. The summed E-state index contributed by atoms with van der Waals surface area (Å²) in [6, 6.07) is 0. The highest BCUT2D eigenvalue weighted by Gasteiger charge is 2.49. The zero-order chi connectivity index (χ0) is 12.0. The molecular weight excluding hydrogens is 222 g/mol. The van der Waals surface area contributed by atoms with Crippen molar-refractivity contribution in [1.82, 2.24) is 15.5 Å². The van der Waals surface area contributed by atoms with Gasteiger partial charge in [-0.1, -0.05) is 0 Å². The molecule has 3 rings (SSSR count). The topological polar surface area (TPSA) is 78.5 Å². The van der Waals surface area contributed by atoms with Gasteiger partial charge in [0.25, 0.3) is 0 Å². The number of hydrogen-bond acceptors (Lipinski definition) is 4. The molecule has 0 spiro atoms. The van der Waals surface area contributed by atoms with Gasteiger partial charge in [0.1, 0.15) is 0 Å². The van der Waals surface area contributed by atoms with Crippen molar-refractivity contribution in [2.75, 3.05) is 26.2 Å². The van der Waals surface area contributed by atoms with Crippen LogP contribution in [0.2, 0.25) is 0 Å². The fourth-order valence-corrected chi connectivity index (χ4v) is 2.95. The Hall–Kier alpha value is -1.43. The molecule has 3 saturated heterocycles. The number of carbonyl (C=O) groups is 3. The number of nitrogens with zero attached hydrogens (tertiary/aromatic N) is 1. The molecule has 0 unspecified atom stereocenters. The highest BCUT2D eigenvalue weighted by atomic mass is 16.2. The molecule has 0 saturated carbocycles. The maximum absolute atomic E-state index is 12.1. The number of rotatable bonds is 1. The maximum atomic E-state index is 12.1. The molecule has 0 aromatic heterocycles. The van der Waals surface area contributed by atoms with Crippen molar-refractivity contribution in [2.24, 2.45) is 17.8 Å². The molecule has 6 heteroatoms. The zero-order valence-electron chi connectivity index (χ0n) is 9.44. The molecule has 2 N–H and O–H groups in total. The van der Waals surface area contributed by atoms with Gasteiger partial charge >= 0.3 is 0 Å². The highest BCUT2D eigenvalue weighted by molar-refractivity contribution is 6.06. The summed E-state index contributed by atoms with van der Waals surface area (Å²) < 4.78 is 0. The van der Waals surface area contributed by atoms with Crippen LogP contribution in [0.1, 0.15) is 6.42 Å². The Labute approximate surface area is 98.7 Å². The van der Waals surface area contributed by atoms with Crippen molar-refractivity contribution in [3.63, 3.8) is 0 Å². The van der Waals surface area contributed by atoms with E-state index >= 15 is 0 Å². The Balaban J connectivity index is 1.70. The van der Waals surface area contributed by atoms with Gasteiger partial charge in [0.05, 0.1) is 17.8 Å². The molecule has 92 valence electrons. The van der Waals surface area contributed by atoms with Crippen LogP contribution in [0.5, 0.6) is 0 Å². The summed E-state index contributed by atoms with van der Waals surface area (Å²) in [5.74, 6) is -0.974. The largest absolute Gasteiger partial charge is 0.341 e. The van der Waals surface area contributed by atoms with Crippen molar-refractivity contribution in [3.05, 3.63) is 0 Å². The molecule has 0 aromatic rings. The van der Waals surface area contributed by atoms with Crippen molar-refractivity contribution < 1.29 is 14.4 Å². The smallest absolute Gasteiger partial charge is 0.232 e. The quantitative estimate of drug-likeness (QED) is 0.534. The number of nitrogens with one attached hydrogen (secondary N) is 2. The van der Waals surface area contributed by atoms with Crippen LogP contribution in [-0.4, -0.2) is 48.8 Å². The summed E-state index contributed by atoms with van der Waals surface area (Å²) in [6.07, 6.45) is 0.852. The normalized spacial score (nSPS) is 36.2. The van der Waals surface area contributed by atoms with E-state index < -0.39 is 0 Å². The molecule has 3 amide bonds. The minimum Gasteiger partial charge on any atom is -0.341 e. The van der Waals surface area contributed by atoms with E-state index in [1.54, 1.807) is 4.90 Å². The average molecular weight is 237 g/mol. The van der Waals surface area contributed by atoms with E-state index in [-0.39, 0.29) is 35.5 Å². The third-order valence-electron chi connectivity index (χ3n) is 3.96. The second kappa shape index (κ2) is 3.80. The van der Waals surface area contributed by atoms with Crippen molar-refractivity contribution >= 4 is 17.7 Å². The van der Waals surface area contributed by atoms with Gasteiger partial charge in [-0.05, 0) is 13.0 Å². The molecule has 3 heterocycles. The summed E-state index contributed by atoms with van der Waals surface area (Å²) in [5.41, 5.74) is 0.